The van der Waals surface area contributed by atoms with Crippen LogP contribution in [0.25, 0.3) is 22.3 Å². The van der Waals surface area contributed by atoms with Crippen molar-refractivity contribution in [3.05, 3.63) is 53.8 Å². The Morgan fingerprint density at radius 1 is 1.17 bits per heavy atom. The molecule has 30 heavy (non-hydrogen) atoms. The summed E-state index contributed by atoms with van der Waals surface area (Å²) in [6.45, 7) is 5.54. The van der Waals surface area contributed by atoms with Gasteiger partial charge in [0.05, 0.1) is 23.2 Å². The maximum atomic E-state index is 13.5. The number of fused-ring (bicyclic) bond motifs is 1. The molecule has 1 aliphatic heterocycles. The van der Waals surface area contributed by atoms with Crippen LogP contribution in [-0.4, -0.2) is 35.1 Å². The van der Waals surface area contributed by atoms with E-state index in [4.69, 9.17) is 14.7 Å². The first-order valence-electron chi connectivity index (χ1n) is 10.6. The molecule has 156 valence electrons. The second-order valence-electron chi connectivity index (χ2n) is 7.78. The van der Waals surface area contributed by atoms with Crippen molar-refractivity contribution in [2.24, 2.45) is 0 Å². The fourth-order valence-corrected chi connectivity index (χ4v) is 3.81. The number of carbonyl (C=O) groups excluding carboxylic acids is 1. The van der Waals surface area contributed by atoms with Gasteiger partial charge in [-0.15, -0.1) is 0 Å². The van der Waals surface area contributed by atoms with Gasteiger partial charge in [0, 0.05) is 18.2 Å². The molecule has 5 nitrogen and oxygen atoms in total. The molecule has 4 rings (SSSR count). The number of hydrogen-bond donors (Lipinski definition) is 0. The van der Waals surface area contributed by atoms with Gasteiger partial charge in [-0.1, -0.05) is 13.3 Å². The average Bonchev–Trinajstić information content (AvgIpc) is 3.19. The predicted molar refractivity (Wildman–Crippen MR) is 116 cm³/mol. The van der Waals surface area contributed by atoms with Crippen molar-refractivity contribution >= 4 is 22.8 Å². The molecule has 0 bridgehead atoms. The predicted octanol–water partition coefficient (Wildman–Crippen LogP) is 5.38. The number of anilines is 1. The monoisotopic (exact) mass is 407 g/mol. The molecule has 1 saturated heterocycles. The first kappa shape index (κ1) is 20.3. The van der Waals surface area contributed by atoms with Crippen LogP contribution in [0.4, 0.5) is 10.2 Å². The summed E-state index contributed by atoms with van der Waals surface area (Å²) in [5, 5.41) is 0. The molecule has 0 radical (unpaired) electrons. The van der Waals surface area contributed by atoms with Gasteiger partial charge >= 0.3 is 5.97 Å². The number of unbranched alkanes of at least 4 members (excludes halogenated alkanes) is 1. The van der Waals surface area contributed by atoms with Crippen LogP contribution in [0.5, 0.6) is 0 Å². The van der Waals surface area contributed by atoms with Crippen molar-refractivity contribution in [3.63, 3.8) is 0 Å². The van der Waals surface area contributed by atoms with E-state index in [9.17, 15) is 9.18 Å². The lowest BCUT2D eigenvalue weighted by Crippen LogP contribution is -2.28. The van der Waals surface area contributed by atoms with Crippen LogP contribution in [0, 0.1) is 5.82 Å². The van der Waals surface area contributed by atoms with Gasteiger partial charge in [0.25, 0.3) is 0 Å². The molecule has 3 aromatic rings. The molecule has 6 heteroatoms. The fraction of sp³-hybridized carbons (Fsp3) is 0.375. The normalized spacial score (nSPS) is 16.2. The molecular formula is C24H26FN3O2. The Kier molecular flexibility index (Phi) is 5.93. The number of rotatable bonds is 6. The number of hydrogen-bond acceptors (Lipinski definition) is 5. The van der Waals surface area contributed by atoms with Crippen LogP contribution in [-0.2, 0) is 4.74 Å². The van der Waals surface area contributed by atoms with E-state index in [1.807, 2.05) is 0 Å². The molecular weight excluding hydrogens is 381 g/mol. The molecule has 1 atom stereocenters. The Hall–Kier alpha value is -3.02. The molecule has 0 amide bonds. The Morgan fingerprint density at radius 3 is 2.67 bits per heavy atom. The summed E-state index contributed by atoms with van der Waals surface area (Å²) in [6.07, 6.45) is 4.00. The third-order valence-corrected chi connectivity index (χ3v) is 5.56. The van der Waals surface area contributed by atoms with Crippen LogP contribution in [0.15, 0.2) is 42.5 Å². The zero-order valence-electron chi connectivity index (χ0n) is 17.4. The molecule has 1 unspecified atom stereocenters. The second kappa shape index (κ2) is 8.78. The third-order valence-electron chi connectivity index (χ3n) is 5.56. The van der Waals surface area contributed by atoms with Crippen molar-refractivity contribution in [2.75, 3.05) is 18.1 Å². The number of benzene rings is 2. The van der Waals surface area contributed by atoms with Crippen LogP contribution >= 0.6 is 0 Å². The molecule has 2 aromatic carbocycles. The highest BCUT2D eigenvalue weighted by Crippen LogP contribution is 2.34. The van der Waals surface area contributed by atoms with Gasteiger partial charge in [-0.25, -0.2) is 19.2 Å². The number of aromatic nitrogens is 2. The van der Waals surface area contributed by atoms with Crippen LogP contribution in [0.2, 0.25) is 0 Å². The molecule has 2 heterocycles. The number of halogens is 1. The smallest absolute Gasteiger partial charge is 0.338 e. The third kappa shape index (κ3) is 4.13. The number of esters is 1. The van der Waals surface area contributed by atoms with E-state index < -0.39 is 0 Å². The number of nitrogens with zero attached hydrogens (tertiary/aromatic N) is 3. The Bertz CT molecular complexity index is 1050. The minimum absolute atomic E-state index is 0.283. The number of ether oxygens (including phenoxy) is 1. The summed E-state index contributed by atoms with van der Waals surface area (Å²) in [4.78, 5) is 24.4. The van der Waals surface area contributed by atoms with E-state index >= 15 is 0 Å². The highest BCUT2D eigenvalue weighted by atomic mass is 19.1. The number of carbonyl (C=O) groups is 1. The minimum atomic E-state index is -0.342. The molecule has 1 aliphatic rings. The van der Waals surface area contributed by atoms with Gasteiger partial charge in [0.2, 0.25) is 0 Å². The lowest BCUT2D eigenvalue weighted by Gasteiger charge is -2.25. The lowest BCUT2D eigenvalue weighted by molar-refractivity contribution is 0.0500. The van der Waals surface area contributed by atoms with E-state index in [1.54, 1.807) is 30.3 Å². The molecule has 1 fully saturated rings. The van der Waals surface area contributed by atoms with Crippen molar-refractivity contribution in [1.29, 1.82) is 0 Å². The molecule has 0 aliphatic carbocycles. The highest BCUT2D eigenvalue weighted by molar-refractivity contribution is 5.94. The summed E-state index contributed by atoms with van der Waals surface area (Å²) < 4.78 is 18.8. The van der Waals surface area contributed by atoms with Gasteiger partial charge in [-0.3, -0.25) is 0 Å². The molecule has 0 spiro atoms. The van der Waals surface area contributed by atoms with E-state index in [-0.39, 0.29) is 11.8 Å². The van der Waals surface area contributed by atoms with E-state index in [0.717, 1.165) is 49.3 Å². The average molecular weight is 407 g/mol. The largest absolute Gasteiger partial charge is 0.462 e. The molecule has 0 N–H and O–H groups in total. The first-order chi connectivity index (χ1) is 14.6. The van der Waals surface area contributed by atoms with Gasteiger partial charge in [-0.05, 0) is 68.7 Å². The lowest BCUT2D eigenvalue weighted by atomic mass is 10.1. The Morgan fingerprint density at radius 2 is 1.97 bits per heavy atom. The van der Waals surface area contributed by atoms with Crippen molar-refractivity contribution in [2.45, 2.75) is 45.6 Å². The van der Waals surface area contributed by atoms with Gasteiger partial charge in [0.15, 0.2) is 5.82 Å². The van der Waals surface area contributed by atoms with Crippen molar-refractivity contribution in [1.82, 2.24) is 9.97 Å². The van der Waals surface area contributed by atoms with Gasteiger partial charge < -0.3 is 9.64 Å². The fourth-order valence-electron chi connectivity index (χ4n) is 3.81. The summed E-state index contributed by atoms with van der Waals surface area (Å²) in [5.74, 6) is 0.149. The SMILES string of the molecule is CCCCOC(=O)c1ccc2nc(-c3ccc(F)cc3)c(N3CCCC3C)nc2c1. The van der Waals surface area contributed by atoms with Crippen LogP contribution in [0.3, 0.4) is 0 Å². The maximum absolute atomic E-state index is 13.5. The zero-order chi connectivity index (χ0) is 21.1. The van der Waals surface area contributed by atoms with Crippen LogP contribution in [0.1, 0.15) is 49.9 Å². The quantitative estimate of drug-likeness (QED) is 0.405. The van der Waals surface area contributed by atoms with Crippen molar-refractivity contribution in [3.8, 4) is 11.3 Å². The summed E-state index contributed by atoms with van der Waals surface area (Å²) >= 11 is 0. The second-order valence-corrected chi connectivity index (χ2v) is 7.78. The summed E-state index contributed by atoms with van der Waals surface area (Å²) in [7, 11) is 0. The standard InChI is InChI=1S/C24H26FN3O2/c1-3-4-14-30-24(29)18-9-12-20-21(15-18)27-23(28-13-5-6-16(28)2)22(26-20)17-7-10-19(25)11-8-17/h7-12,15-16H,3-6,13-14H2,1-2H3. The van der Waals surface area contributed by atoms with Crippen LogP contribution < -0.4 is 4.90 Å². The van der Waals surface area contributed by atoms with Gasteiger partial charge in [-0.2, -0.15) is 0 Å². The van der Waals surface area contributed by atoms with E-state index in [2.05, 4.69) is 18.7 Å². The Labute approximate surface area is 175 Å². The first-order valence-corrected chi connectivity index (χ1v) is 10.6. The zero-order valence-corrected chi connectivity index (χ0v) is 17.4. The highest BCUT2D eigenvalue weighted by Gasteiger charge is 2.26. The molecule has 0 saturated carbocycles. The minimum Gasteiger partial charge on any atom is -0.462 e. The topological polar surface area (TPSA) is 55.3 Å². The maximum Gasteiger partial charge on any atom is 0.338 e. The summed E-state index contributed by atoms with van der Waals surface area (Å²) in [6, 6.07) is 11.9. The Balaban J connectivity index is 1.77. The van der Waals surface area contributed by atoms with Crippen molar-refractivity contribution < 1.29 is 13.9 Å². The van der Waals surface area contributed by atoms with E-state index in [0.29, 0.717) is 29.2 Å². The van der Waals surface area contributed by atoms with Gasteiger partial charge in [0.1, 0.15) is 11.5 Å². The molecule has 1 aromatic heterocycles. The van der Waals surface area contributed by atoms with E-state index in [1.165, 1.54) is 12.1 Å². The summed E-state index contributed by atoms with van der Waals surface area (Å²) in [5.41, 5.74) is 3.37.